The first-order chi connectivity index (χ1) is 9.72. The molecule has 120 valence electrons. The Labute approximate surface area is 123 Å². The maximum atomic E-state index is 14.0. The fourth-order valence-electron chi connectivity index (χ4n) is 1.66. The van der Waals surface area contributed by atoms with Gasteiger partial charge in [-0.1, -0.05) is 0 Å². The van der Waals surface area contributed by atoms with Gasteiger partial charge in [0, 0.05) is 26.7 Å². The predicted molar refractivity (Wildman–Crippen MR) is 78.6 cm³/mol. The highest BCUT2D eigenvalue weighted by Gasteiger charge is 2.21. The van der Waals surface area contributed by atoms with E-state index in [0.29, 0.717) is 11.4 Å². The van der Waals surface area contributed by atoms with E-state index >= 15 is 0 Å². The minimum absolute atomic E-state index is 0.00200. The molecule has 1 aromatic carbocycles. The molecule has 0 fully saturated rings. The van der Waals surface area contributed by atoms with Gasteiger partial charge in [-0.05, 0) is 13.1 Å². The van der Waals surface area contributed by atoms with Crippen molar-refractivity contribution in [3.05, 3.63) is 17.9 Å². The van der Waals surface area contributed by atoms with Crippen LogP contribution in [0.3, 0.4) is 0 Å². The molecule has 1 atom stereocenters. The first-order valence-corrected chi connectivity index (χ1v) is 7.68. The molecule has 0 saturated carbocycles. The third kappa shape index (κ3) is 4.27. The Morgan fingerprint density at radius 3 is 2.48 bits per heavy atom. The maximum Gasteiger partial charge on any atom is 0.243 e. The molecule has 0 radical (unpaired) electrons. The molecule has 1 rings (SSSR count). The number of aliphatic hydroxyl groups excluding tert-OH is 2. The summed E-state index contributed by atoms with van der Waals surface area (Å²) < 4.78 is 39.6. The lowest BCUT2D eigenvalue weighted by Gasteiger charge is -2.21. The number of halogens is 1. The zero-order valence-corrected chi connectivity index (χ0v) is 12.9. The molecule has 0 saturated heterocycles. The molecule has 0 spiro atoms. The smallest absolute Gasteiger partial charge is 0.243 e. The van der Waals surface area contributed by atoms with Gasteiger partial charge in [0.15, 0.2) is 0 Å². The monoisotopic (exact) mass is 321 g/mol. The lowest BCUT2D eigenvalue weighted by molar-refractivity contribution is 0.105. The van der Waals surface area contributed by atoms with E-state index in [1.54, 1.807) is 19.0 Å². The molecule has 1 unspecified atom stereocenters. The summed E-state index contributed by atoms with van der Waals surface area (Å²) >= 11 is 0. The van der Waals surface area contributed by atoms with Gasteiger partial charge in [0.1, 0.15) is 10.7 Å². The summed E-state index contributed by atoms with van der Waals surface area (Å²) in [7, 11) is 0.609. The van der Waals surface area contributed by atoms with Crippen LogP contribution in [0.25, 0.3) is 0 Å². The molecule has 0 amide bonds. The first-order valence-electron chi connectivity index (χ1n) is 6.20. The van der Waals surface area contributed by atoms with E-state index in [1.807, 2.05) is 0 Å². The van der Waals surface area contributed by atoms with Crippen molar-refractivity contribution in [3.8, 4) is 0 Å². The molecular weight excluding hydrogens is 301 g/mol. The highest BCUT2D eigenvalue weighted by atomic mass is 32.2. The molecule has 0 bridgehead atoms. The van der Waals surface area contributed by atoms with Gasteiger partial charge in [0.25, 0.3) is 0 Å². The predicted octanol–water partition coefficient (Wildman–Crippen LogP) is -0.435. The van der Waals surface area contributed by atoms with E-state index in [9.17, 15) is 17.9 Å². The van der Waals surface area contributed by atoms with Crippen LogP contribution >= 0.6 is 0 Å². The third-order valence-electron chi connectivity index (χ3n) is 2.83. The lowest BCUT2D eigenvalue weighted by atomic mass is 10.2. The Hall–Kier alpha value is -1.42. The number of sulfonamides is 1. The molecule has 4 N–H and O–H groups in total. The normalized spacial score (nSPS) is 13.0. The van der Waals surface area contributed by atoms with Crippen LogP contribution < -0.4 is 14.9 Å². The topological polar surface area (TPSA) is 102 Å². The second-order valence-electron chi connectivity index (χ2n) is 4.62. The van der Waals surface area contributed by atoms with Gasteiger partial charge < -0.3 is 20.4 Å². The summed E-state index contributed by atoms with van der Waals surface area (Å²) in [6, 6.07) is 2.25. The Bertz CT molecular complexity index is 592. The third-order valence-corrected chi connectivity index (χ3v) is 4.26. The minimum Gasteiger partial charge on any atom is -0.394 e. The van der Waals surface area contributed by atoms with E-state index < -0.39 is 33.4 Å². The van der Waals surface area contributed by atoms with Gasteiger partial charge in [-0.25, -0.2) is 17.5 Å². The zero-order valence-electron chi connectivity index (χ0n) is 12.1. The van der Waals surface area contributed by atoms with E-state index in [2.05, 4.69) is 10.0 Å². The average molecular weight is 321 g/mol. The molecule has 0 aliphatic rings. The Morgan fingerprint density at radius 1 is 1.38 bits per heavy atom. The van der Waals surface area contributed by atoms with Gasteiger partial charge >= 0.3 is 0 Å². The minimum atomic E-state index is -3.93. The van der Waals surface area contributed by atoms with Gasteiger partial charge in [-0.3, -0.25) is 0 Å². The van der Waals surface area contributed by atoms with Crippen LogP contribution in [0.15, 0.2) is 17.0 Å². The Kier molecular flexibility index (Phi) is 5.90. The van der Waals surface area contributed by atoms with Crippen molar-refractivity contribution in [2.75, 3.05) is 44.5 Å². The zero-order chi connectivity index (χ0) is 16.2. The molecule has 0 heterocycles. The summed E-state index contributed by atoms with van der Waals surface area (Å²) in [4.78, 5) is 1.11. The van der Waals surface area contributed by atoms with E-state index in [1.165, 1.54) is 7.05 Å². The second kappa shape index (κ2) is 7.03. The van der Waals surface area contributed by atoms with Crippen LogP contribution in [0.1, 0.15) is 0 Å². The van der Waals surface area contributed by atoms with Crippen LogP contribution in [0.5, 0.6) is 0 Å². The fraction of sp³-hybridized carbons (Fsp3) is 0.500. The second-order valence-corrected chi connectivity index (χ2v) is 6.47. The number of nitrogens with zero attached hydrogens (tertiary/aromatic N) is 1. The summed E-state index contributed by atoms with van der Waals surface area (Å²) in [6.45, 7) is -0.435. The Morgan fingerprint density at radius 2 is 2.00 bits per heavy atom. The van der Waals surface area contributed by atoms with Crippen LogP contribution in [-0.4, -0.2) is 59.0 Å². The van der Waals surface area contributed by atoms with Gasteiger partial charge in [-0.15, -0.1) is 0 Å². The van der Waals surface area contributed by atoms with Crippen molar-refractivity contribution in [3.63, 3.8) is 0 Å². The van der Waals surface area contributed by atoms with Crippen LogP contribution in [0.2, 0.25) is 0 Å². The Balaban J connectivity index is 3.28. The van der Waals surface area contributed by atoms with Crippen molar-refractivity contribution in [1.82, 2.24) is 4.72 Å². The number of hydrogen-bond donors (Lipinski definition) is 4. The van der Waals surface area contributed by atoms with Crippen LogP contribution in [0.4, 0.5) is 15.8 Å². The van der Waals surface area contributed by atoms with E-state index in [4.69, 9.17) is 5.11 Å². The fourth-order valence-corrected chi connectivity index (χ4v) is 2.47. The quantitative estimate of drug-likeness (QED) is 0.543. The van der Waals surface area contributed by atoms with Crippen LogP contribution in [0, 0.1) is 5.82 Å². The van der Waals surface area contributed by atoms with Crippen molar-refractivity contribution in [2.24, 2.45) is 0 Å². The number of aliphatic hydroxyl groups is 2. The molecule has 21 heavy (non-hydrogen) atoms. The van der Waals surface area contributed by atoms with Gasteiger partial charge in [0.2, 0.25) is 10.0 Å². The standard InChI is InChI=1S/C12H20FN3O4S/c1-14-21(19,20)12-5-10(15-6-8(18)7-17)11(16(2)3)4-9(12)13/h4-5,8,14-15,17-18H,6-7H2,1-3H3. The number of hydrogen-bond acceptors (Lipinski definition) is 6. The van der Waals surface area contributed by atoms with Crippen molar-refractivity contribution >= 4 is 21.4 Å². The first kappa shape index (κ1) is 17.6. The van der Waals surface area contributed by atoms with E-state index in [0.717, 1.165) is 12.1 Å². The summed E-state index contributed by atoms with van der Waals surface area (Å²) in [6.07, 6.45) is -1.01. The molecular formula is C12H20FN3O4S. The number of benzene rings is 1. The van der Waals surface area contributed by atoms with Gasteiger partial charge in [0.05, 0.1) is 24.1 Å². The highest BCUT2D eigenvalue weighted by Crippen LogP contribution is 2.30. The average Bonchev–Trinajstić information content (AvgIpc) is 2.44. The number of anilines is 2. The highest BCUT2D eigenvalue weighted by molar-refractivity contribution is 7.89. The lowest BCUT2D eigenvalue weighted by Crippen LogP contribution is -2.25. The van der Waals surface area contributed by atoms with Gasteiger partial charge in [-0.2, -0.15) is 0 Å². The summed E-state index contributed by atoms with van der Waals surface area (Å²) in [5.74, 6) is -0.874. The SMILES string of the molecule is CNS(=O)(=O)c1cc(NCC(O)CO)c(N(C)C)cc1F. The summed E-state index contributed by atoms with van der Waals surface area (Å²) in [5.41, 5.74) is 0.760. The molecule has 0 aliphatic carbocycles. The van der Waals surface area contributed by atoms with E-state index in [-0.39, 0.29) is 6.54 Å². The number of nitrogens with one attached hydrogen (secondary N) is 2. The molecule has 1 aromatic rings. The molecule has 0 aromatic heterocycles. The molecule has 7 nitrogen and oxygen atoms in total. The number of rotatable bonds is 7. The molecule has 9 heteroatoms. The van der Waals surface area contributed by atoms with Crippen molar-refractivity contribution in [1.29, 1.82) is 0 Å². The van der Waals surface area contributed by atoms with Crippen LogP contribution in [-0.2, 0) is 10.0 Å². The summed E-state index contributed by atoms with van der Waals surface area (Å²) in [5, 5.41) is 20.9. The molecule has 0 aliphatic heterocycles. The van der Waals surface area contributed by atoms with Crippen molar-refractivity contribution in [2.45, 2.75) is 11.0 Å². The maximum absolute atomic E-state index is 14.0. The largest absolute Gasteiger partial charge is 0.394 e. The van der Waals surface area contributed by atoms with Crippen molar-refractivity contribution < 1.29 is 23.0 Å².